The van der Waals surface area contributed by atoms with Gasteiger partial charge in [0.05, 0.1) is 12.1 Å². The van der Waals surface area contributed by atoms with Crippen molar-refractivity contribution in [2.45, 2.75) is 25.9 Å². The number of fused-ring (bicyclic) bond motifs is 1. The van der Waals surface area contributed by atoms with Crippen molar-refractivity contribution in [3.8, 4) is 5.75 Å². The van der Waals surface area contributed by atoms with Crippen molar-refractivity contribution in [2.75, 3.05) is 7.11 Å². The van der Waals surface area contributed by atoms with Gasteiger partial charge < -0.3 is 9.47 Å². The molecule has 1 aromatic carbocycles. The largest absolute Gasteiger partial charge is 0.465 e. The molecule has 1 aromatic rings. The summed E-state index contributed by atoms with van der Waals surface area (Å²) in [6, 6.07) is 1.58. The van der Waals surface area contributed by atoms with E-state index in [2.05, 4.69) is 9.47 Å². The van der Waals surface area contributed by atoms with E-state index in [9.17, 15) is 13.6 Å². The molecule has 0 N–H and O–H groups in total. The number of hydrogen-bond acceptors (Lipinski definition) is 3. The Bertz CT molecular complexity index is 489. The van der Waals surface area contributed by atoms with Crippen molar-refractivity contribution in [2.24, 2.45) is 0 Å². The quantitative estimate of drug-likeness (QED) is 0.795. The molecule has 0 aliphatic heterocycles. The van der Waals surface area contributed by atoms with E-state index in [0.717, 1.165) is 18.4 Å². The molecular formula is C12H11ClF2O3. The fourth-order valence-electron chi connectivity index (χ4n) is 2.21. The van der Waals surface area contributed by atoms with Crippen LogP contribution < -0.4 is 4.74 Å². The Morgan fingerprint density at radius 1 is 1.44 bits per heavy atom. The number of carbonyl (C=O) groups is 1. The Morgan fingerprint density at radius 3 is 2.78 bits per heavy atom. The monoisotopic (exact) mass is 276 g/mol. The summed E-state index contributed by atoms with van der Waals surface area (Å²) in [4.78, 5) is 11.7. The molecule has 98 valence electrons. The van der Waals surface area contributed by atoms with Crippen molar-refractivity contribution in [3.63, 3.8) is 0 Å². The van der Waals surface area contributed by atoms with Gasteiger partial charge >= 0.3 is 12.6 Å². The summed E-state index contributed by atoms with van der Waals surface area (Å²) in [6.45, 7) is -3.04. The van der Waals surface area contributed by atoms with Gasteiger partial charge in [0.1, 0.15) is 5.56 Å². The molecule has 0 radical (unpaired) electrons. The molecule has 0 atom stereocenters. The van der Waals surface area contributed by atoms with Gasteiger partial charge in [0, 0.05) is 0 Å². The second-order valence-electron chi connectivity index (χ2n) is 3.92. The highest BCUT2D eigenvalue weighted by Crippen LogP contribution is 2.39. The van der Waals surface area contributed by atoms with Crippen LogP contribution in [-0.4, -0.2) is 19.7 Å². The Kier molecular flexibility index (Phi) is 3.71. The first kappa shape index (κ1) is 13.1. The highest BCUT2D eigenvalue weighted by molar-refractivity contribution is 6.32. The number of alkyl halides is 2. The van der Waals surface area contributed by atoms with Crippen LogP contribution in [0.1, 0.15) is 27.9 Å². The predicted octanol–water partition coefficient (Wildman–Crippen LogP) is 3.22. The summed E-state index contributed by atoms with van der Waals surface area (Å²) in [5, 5.41) is 0.0105. The molecule has 1 aliphatic carbocycles. The van der Waals surface area contributed by atoms with Crippen LogP contribution in [0.3, 0.4) is 0 Å². The van der Waals surface area contributed by atoms with Gasteiger partial charge in [-0.25, -0.2) is 4.79 Å². The van der Waals surface area contributed by atoms with Gasteiger partial charge in [-0.15, -0.1) is 0 Å². The van der Waals surface area contributed by atoms with Crippen LogP contribution in [-0.2, 0) is 17.6 Å². The number of carbonyl (C=O) groups excluding carboxylic acids is 1. The number of hydrogen-bond donors (Lipinski definition) is 0. The number of aryl methyl sites for hydroxylation is 1. The normalized spacial score (nSPS) is 13.6. The zero-order valence-corrected chi connectivity index (χ0v) is 10.4. The van der Waals surface area contributed by atoms with Gasteiger partial charge in [0.15, 0.2) is 5.75 Å². The van der Waals surface area contributed by atoms with E-state index < -0.39 is 12.6 Å². The SMILES string of the molecule is COC(=O)c1c2c(cc(Cl)c1OC(F)F)CCC2. The average Bonchev–Trinajstić information content (AvgIpc) is 2.75. The standard InChI is InChI=1S/C12H11ClF2O3/c1-17-11(16)9-7-4-2-3-6(7)5-8(13)10(9)18-12(14)15/h5,12H,2-4H2,1H3. The minimum atomic E-state index is -3.04. The molecule has 6 heteroatoms. The molecule has 0 unspecified atom stereocenters. The predicted molar refractivity (Wildman–Crippen MR) is 61.4 cm³/mol. The lowest BCUT2D eigenvalue weighted by molar-refractivity contribution is -0.0503. The third kappa shape index (κ3) is 2.27. The van der Waals surface area contributed by atoms with Crippen molar-refractivity contribution in [1.82, 2.24) is 0 Å². The third-order valence-corrected chi connectivity index (χ3v) is 3.18. The Labute approximate surface area is 108 Å². The minimum Gasteiger partial charge on any atom is -0.465 e. The Hall–Kier alpha value is -1.36. The fraction of sp³-hybridized carbons (Fsp3) is 0.417. The maximum Gasteiger partial charge on any atom is 0.387 e. The zero-order valence-electron chi connectivity index (χ0n) is 9.63. The van der Waals surface area contributed by atoms with E-state index in [1.807, 2.05) is 0 Å². The first-order chi connectivity index (χ1) is 8.54. The number of ether oxygens (including phenoxy) is 2. The number of esters is 1. The van der Waals surface area contributed by atoms with Crippen molar-refractivity contribution in [1.29, 1.82) is 0 Å². The van der Waals surface area contributed by atoms with E-state index in [4.69, 9.17) is 11.6 Å². The van der Waals surface area contributed by atoms with Gasteiger partial charge in [0.25, 0.3) is 0 Å². The van der Waals surface area contributed by atoms with Crippen LogP contribution in [0.15, 0.2) is 6.07 Å². The number of halogens is 3. The number of benzene rings is 1. The van der Waals surface area contributed by atoms with Crippen LogP contribution in [0.25, 0.3) is 0 Å². The highest BCUT2D eigenvalue weighted by Gasteiger charge is 2.28. The molecule has 0 saturated heterocycles. The van der Waals surface area contributed by atoms with E-state index in [-0.39, 0.29) is 16.3 Å². The molecule has 0 aromatic heterocycles. The lowest BCUT2D eigenvalue weighted by Crippen LogP contribution is -2.12. The molecular weight excluding hydrogens is 266 g/mol. The average molecular weight is 277 g/mol. The molecule has 3 nitrogen and oxygen atoms in total. The maximum atomic E-state index is 12.4. The molecule has 18 heavy (non-hydrogen) atoms. The fourth-order valence-corrected chi connectivity index (χ4v) is 2.48. The zero-order chi connectivity index (χ0) is 13.3. The van der Waals surface area contributed by atoms with Gasteiger partial charge in [-0.1, -0.05) is 11.6 Å². The molecule has 0 bridgehead atoms. The van der Waals surface area contributed by atoms with Crippen molar-refractivity contribution >= 4 is 17.6 Å². The van der Waals surface area contributed by atoms with E-state index in [0.29, 0.717) is 12.0 Å². The number of methoxy groups -OCH3 is 1. The Morgan fingerprint density at radius 2 is 2.17 bits per heavy atom. The summed E-state index contributed by atoms with van der Waals surface area (Å²) >= 11 is 5.89. The molecule has 0 heterocycles. The molecule has 0 amide bonds. The summed E-state index contributed by atoms with van der Waals surface area (Å²) in [5.41, 5.74) is 1.61. The van der Waals surface area contributed by atoms with Crippen molar-refractivity contribution in [3.05, 3.63) is 27.8 Å². The Balaban J connectivity index is 2.59. The minimum absolute atomic E-state index is 0.0105. The van der Waals surface area contributed by atoms with Crippen LogP contribution in [0, 0.1) is 0 Å². The molecule has 2 rings (SSSR count). The van der Waals surface area contributed by atoms with Crippen LogP contribution in [0.5, 0.6) is 5.75 Å². The first-order valence-electron chi connectivity index (χ1n) is 5.42. The van der Waals surface area contributed by atoms with Crippen LogP contribution in [0.4, 0.5) is 8.78 Å². The third-order valence-electron chi connectivity index (χ3n) is 2.90. The molecule has 0 saturated carbocycles. The maximum absolute atomic E-state index is 12.4. The summed E-state index contributed by atoms with van der Waals surface area (Å²) in [5.74, 6) is -0.995. The lowest BCUT2D eigenvalue weighted by Gasteiger charge is -2.15. The van der Waals surface area contributed by atoms with E-state index >= 15 is 0 Å². The van der Waals surface area contributed by atoms with Gasteiger partial charge in [-0.3, -0.25) is 0 Å². The smallest absolute Gasteiger partial charge is 0.387 e. The topological polar surface area (TPSA) is 35.5 Å². The molecule has 0 spiro atoms. The molecule has 0 fully saturated rings. The van der Waals surface area contributed by atoms with Gasteiger partial charge in [-0.2, -0.15) is 8.78 Å². The number of rotatable bonds is 3. The summed E-state index contributed by atoms with van der Waals surface area (Å²) in [7, 11) is 1.19. The highest BCUT2D eigenvalue weighted by atomic mass is 35.5. The lowest BCUT2D eigenvalue weighted by atomic mass is 10.0. The van der Waals surface area contributed by atoms with Crippen molar-refractivity contribution < 1.29 is 23.0 Å². The van der Waals surface area contributed by atoms with E-state index in [1.165, 1.54) is 7.11 Å². The van der Waals surface area contributed by atoms with Crippen LogP contribution >= 0.6 is 11.6 Å². The second-order valence-corrected chi connectivity index (χ2v) is 4.33. The van der Waals surface area contributed by atoms with Gasteiger partial charge in [0.2, 0.25) is 0 Å². The second kappa shape index (κ2) is 5.10. The van der Waals surface area contributed by atoms with Gasteiger partial charge in [-0.05, 0) is 36.5 Å². The molecule has 1 aliphatic rings. The summed E-state index contributed by atoms with van der Waals surface area (Å²) < 4.78 is 33.7. The van der Waals surface area contributed by atoms with E-state index in [1.54, 1.807) is 6.07 Å². The van der Waals surface area contributed by atoms with Crippen LogP contribution in [0.2, 0.25) is 5.02 Å². The summed E-state index contributed by atoms with van der Waals surface area (Å²) in [6.07, 6.45) is 2.26. The first-order valence-corrected chi connectivity index (χ1v) is 5.79.